The monoisotopic (exact) mass is 294 g/mol. The number of nitrogen functional groups attached to an aromatic ring is 1. The van der Waals surface area contributed by atoms with E-state index in [4.69, 9.17) is 10.5 Å². The standard InChI is InChI=1S/C15H22N2O2S/c1-3-19-12-6-7-13(16)14(10-12)20-11(2)15(18)17-8-4-5-9-17/h6-7,10-11H,3-5,8-9,16H2,1-2H3. The number of carbonyl (C=O) groups excluding carboxylic acids is 1. The summed E-state index contributed by atoms with van der Waals surface area (Å²) in [5.41, 5.74) is 6.68. The smallest absolute Gasteiger partial charge is 0.235 e. The first-order chi connectivity index (χ1) is 9.61. The van der Waals surface area contributed by atoms with Gasteiger partial charge in [-0.3, -0.25) is 4.79 Å². The van der Waals surface area contributed by atoms with E-state index in [2.05, 4.69) is 0 Å². The van der Waals surface area contributed by atoms with Gasteiger partial charge in [-0.05, 0) is 44.9 Å². The second-order valence-electron chi connectivity index (χ2n) is 4.93. The summed E-state index contributed by atoms with van der Waals surface area (Å²) < 4.78 is 5.48. The van der Waals surface area contributed by atoms with Gasteiger partial charge in [-0.25, -0.2) is 0 Å². The number of anilines is 1. The molecule has 20 heavy (non-hydrogen) atoms. The third kappa shape index (κ3) is 3.60. The average molecular weight is 294 g/mol. The van der Waals surface area contributed by atoms with Gasteiger partial charge in [0.1, 0.15) is 5.75 Å². The molecule has 1 saturated heterocycles. The molecule has 1 amide bonds. The quantitative estimate of drug-likeness (QED) is 0.670. The van der Waals surface area contributed by atoms with Crippen LogP contribution in [0.5, 0.6) is 5.75 Å². The summed E-state index contributed by atoms with van der Waals surface area (Å²) >= 11 is 1.51. The van der Waals surface area contributed by atoms with E-state index in [0.29, 0.717) is 12.3 Å². The first kappa shape index (κ1) is 15.0. The number of rotatable bonds is 5. The van der Waals surface area contributed by atoms with Crippen LogP contribution in [-0.2, 0) is 4.79 Å². The highest BCUT2D eigenvalue weighted by molar-refractivity contribution is 8.00. The largest absolute Gasteiger partial charge is 0.494 e. The topological polar surface area (TPSA) is 55.6 Å². The Hall–Kier alpha value is -1.36. The fraction of sp³-hybridized carbons (Fsp3) is 0.533. The molecule has 0 spiro atoms. The van der Waals surface area contributed by atoms with E-state index < -0.39 is 0 Å². The van der Waals surface area contributed by atoms with E-state index in [-0.39, 0.29) is 11.2 Å². The number of nitrogens with zero attached hydrogens (tertiary/aromatic N) is 1. The molecule has 110 valence electrons. The summed E-state index contributed by atoms with van der Waals surface area (Å²) in [5.74, 6) is 0.999. The van der Waals surface area contributed by atoms with Gasteiger partial charge in [0, 0.05) is 23.7 Å². The normalized spacial score (nSPS) is 16.2. The Bertz CT molecular complexity index is 473. The van der Waals surface area contributed by atoms with E-state index in [1.54, 1.807) is 0 Å². The van der Waals surface area contributed by atoms with Crippen molar-refractivity contribution in [2.45, 2.75) is 36.8 Å². The molecule has 0 aliphatic carbocycles. The van der Waals surface area contributed by atoms with Gasteiger partial charge in [0.2, 0.25) is 5.91 Å². The van der Waals surface area contributed by atoms with Crippen LogP contribution >= 0.6 is 11.8 Å². The Morgan fingerprint density at radius 1 is 1.45 bits per heavy atom. The average Bonchev–Trinajstić information content (AvgIpc) is 2.96. The molecule has 1 unspecified atom stereocenters. The highest BCUT2D eigenvalue weighted by atomic mass is 32.2. The second kappa shape index (κ2) is 6.88. The molecule has 0 radical (unpaired) electrons. The van der Waals surface area contributed by atoms with Gasteiger partial charge in [0.15, 0.2) is 0 Å². The number of nitrogens with two attached hydrogens (primary N) is 1. The highest BCUT2D eigenvalue weighted by Gasteiger charge is 2.24. The molecule has 1 aliphatic heterocycles. The Balaban J connectivity index is 2.04. The summed E-state index contributed by atoms with van der Waals surface area (Å²) in [6.07, 6.45) is 2.23. The number of carbonyl (C=O) groups is 1. The first-order valence-corrected chi connectivity index (χ1v) is 7.97. The lowest BCUT2D eigenvalue weighted by Gasteiger charge is -2.20. The summed E-state index contributed by atoms with van der Waals surface area (Å²) in [6, 6.07) is 5.60. The van der Waals surface area contributed by atoms with Crippen molar-refractivity contribution >= 4 is 23.4 Å². The van der Waals surface area contributed by atoms with E-state index in [0.717, 1.165) is 36.6 Å². The maximum Gasteiger partial charge on any atom is 0.235 e. The summed E-state index contributed by atoms with van der Waals surface area (Å²) in [7, 11) is 0. The van der Waals surface area contributed by atoms with Crippen molar-refractivity contribution in [3.05, 3.63) is 18.2 Å². The maximum absolute atomic E-state index is 12.3. The number of ether oxygens (including phenoxy) is 1. The maximum atomic E-state index is 12.3. The van der Waals surface area contributed by atoms with Gasteiger partial charge in [-0.15, -0.1) is 11.8 Å². The molecule has 1 aliphatic rings. The van der Waals surface area contributed by atoms with Crippen LogP contribution in [-0.4, -0.2) is 35.8 Å². The Morgan fingerprint density at radius 3 is 2.80 bits per heavy atom. The molecule has 1 aromatic carbocycles. The first-order valence-electron chi connectivity index (χ1n) is 7.09. The predicted molar refractivity (Wildman–Crippen MR) is 83.2 cm³/mol. The lowest BCUT2D eigenvalue weighted by atomic mass is 10.3. The molecule has 2 N–H and O–H groups in total. The van der Waals surface area contributed by atoms with Crippen molar-refractivity contribution in [1.29, 1.82) is 0 Å². The lowest BCUT2D eigenvalue weighted by molar-refractivity contribution is -0.129. The van der Waals surface area contributed by atoms with Gasteiger partial charge in [-0.2, -0.15) is 0 Å². The molecule has 0 bridgehead atoms. The van der Waals surface area contributed by atoms with Crippen molar-refractivity contribution < 1.29 is 9.53 Å². The van der Waals surface area contributed by atoms with Crippen LogP contribution in [0.3, 0.4) is 0 Å². The van der Waals surface area contributed by atoms with Crippen LogP contribution in [0.1, 0.15) is 26.7 Å². The number of thioether (sulfide) groups is 1. The molecule has 0 saturated carbocycles. The SMILES string of the molecule is CCOc1ccc(N)c(SC(C)C(=O)N2CCCC2)c1. The van der Waals surface area contributed by atoms with E-state index in [1.165, 1.54) is 11.8 Å². The number of hydrogen-bond donors (Lipinski definition) is 1. The molecule has 5 heteroatoms. The number of hydrogen-bond acceptors (Lipinski definition) is 4. The molecular weight excluding hydrogens is 272 g/mol. The van der Waals surface area contributed by atoms with Gasteiger partial charge in [0.25, 0.3) is 0 Å². The van der Waals surface area contributed by atoms with E-state index >= 15 is 0 Å². The molecule has 2 rings (SSSR count). The molecular formula is C15H22N2O2S. The van der Waals surface area contributed by atoms with E-state index in [1.807, 2.05) is 36.9 Å². The summed E-state index contributed by atoms with van der Waals surface area (Å²) in [5, 5.41) is -0.118. The lowest BCUT2D eigenvalue weighted by Crippen LogP contribution is -2.34. The second-order valence-corrected chi connectivity index (χ2v) is 6.31. The van der Waals surface area contributed by atoms with Gasteiger partial charge < -0.3 is 15.4 Å². The zero-order valence-electron chi connectivity index (χ0n) is 12.1. The fourth-order valence-electron chi connectivity index (χ4n) is 2.31. The summed E-state index contributed by atoms with van der Waals surface area (Å²) in [6.45, 7) is 6.29. The van der Waals surface area contributed by atoms with Gasteiger partial charge in [0.05, 0.1) is 11.9 Å². The van der Waals surface area contributed by atoms with Gasteiger partial charge >= 0.3 is 0 Å². The fourth-order valence-corrected chi connectivity index (χ4v) is 3.33. The summed E-state index contributed by atoms with van der Waals surface area (Å²) in [4.78, 5) is 15.2. The third-order valence-corrected chi connectivity index (χ3v) is 4.53. The van der Waals surface area contributed by atoms with Crippen LogP contribution in [0.15, 0.2) is 23.1 Å². The van der Waals surface area contributed by atoms with Gasteiger partial charge in [-0.1, -0.05) is 0 Å². The van der Waals surface area contributed by atoms with Crippen LogP contribution in [0, 0.1) is 0 Å². The highest BCUT2D eigenvalue weighted by Crippen LogP contribution is 2.33. The molecule has 1 aromatic rings. The minimum absolute atomic E-state index is 0.118. The van der Waals surface area contributed by atoms with Crippen molar-refractivity contribution in [3.63, 3.8) is 0 Å². The van der Waals surface area contributed by atoms with Crippen LogP contribution < -0.4 is 10.5 Å². The zero-order chi connectivity index (χ0) is 14.5. The van der Waals surface area contributed by atoms with Crippen LogP contribution in [0.2, 0.25) is 0 Å². The molecule has 1 heterocycles. The Kier molecular flexibility index (Phi) is 5.17. The molecule has 1 fully saturated rings. The minimum atomic E-state index is -0.118. The van der Waals surface area contributed by atoms with Crippen LogP contribution in [0.4, 0.5) is 5.69 Å². The minimum Gasteiger partial charge on any atom is -0.494 e. The third-order valence-electron chi connectivity index (χ3n) is 3.37. The molecule has 4 nitrogen and oxygen atoms in total. The molecule has 1 atom stereocenters. The van der Waals surface area contributed by atoms with Crippen molar-refractivity contribution in [3.8, 4) is 5.75 Å². The van der Waals surface area contributed by atoms with Crippen molar-refractivity contribution in [2.75, 3.05) is 25.4 Å². The number of benzene rings is 1. The Morgan fingerprint density at radius 2 is 2.15 bits per heavy atom. The van der Waals surface area contributed by atoms with Crippen LogP contribution in [0.25, 0.3) is 0 Å². The Labute approximate surface area is 124 Å². The molecule has 0 aromatic heterocycles. The predicted octanol–water partition coefficient (Wildman–Crippen LogP) is 2.77. The number of likely N-dealkylation sites (tertiary alicyclic amines) is 1. The zero-order valence-corrected chi connectivity index (χ0v) is 12.9. The van der Waals surface area contributed by atoms with E-state index in [9.17, 15) is 4.79 Å². The van der Waals surface area contributed by atoms with Crippen molar-refractivity contribution in [1.82, 2.24) is 4.90 Å². The van der Waals surface area contributed by atoms with Crippen molar-refractivity contribution in [2.24, 2.45) is 0 Å². The number of amides is 1.